The molecule has 2 aromatic rings. The number of carbonyl (C=O) groups is 4. The Morgan fingerprint density at radius 1 is 0.604 bits per heavy atom. The molecule has 0 aliphatic carbocycles. The van der Waals surface area contributed by atoms with Crippen LogP contribution in [-0.4, -0.2) is 97.5 Å². The predicted octanol–water partition coefficient (Wildman–Crippen LogP) is 4.91. The molecule has 48 heavy (non-hydrogen) atoms. The van der Waals surface area contributed by atoms with E-state index >= 15 is 0 Å². The molecule has 0 fully saturated rings. The first-order valence-electron chi connectivity index (χ1n) is 16.5. The van der Waals surface area contributed by atoms with Gasteiger partial charge in [0.15, 0.2) is 0 Å². The quantitative estimate of drug-likeness (QED) is 0.121. The number of nitrogens with one attached hydrogen (secondary N) is 2. The molecule has 2 aromatic carbocycles. The number of esters is 2. The monoisotopic (exact) mass is 670 g/mol. The third-order valence-corrected chi connectivity index (χ3v) is 6.60. The van der Waals surface area contributed by atoms with Crippen molar-refractivity contribution >= 4 is 24.1 Å². The first kappa shape index (κ1) is 40.0. The smallest absolute Gasteiger partial charge is 0.410 e. The average molecular weight is 671 g/mol. The molecule has 0 unspecified atom stereocenters. The lowest BCUT2D eigenvalue weighted by Gasteiger charge is -2.28. The molecule has 2 amide bonds. The third kappa shape index (κ3) is 19.5. The molecule has 0 atom stereocenters. The second-order valence-corrected chi connectivity index (χ2v) is 13.3. The summed E-state index contributed by atoms with van der Waals surface area (Å²) in [7, 11) is 0. The van der Waals surface area contributed by atoms with Crippen molar-refractivity contribution in [3.05, 3.63) is 71.8 Å². The van der Waals surface area contributed by atoms with Crippen molar-refractivity contribution in [1.82, 2.24) is 20.4 Å². The van der Waals surface area contributed by atoms with E-state index in [4.69, 9.17) is 18.9 Å². The molecule has 2 rings (SSSR count). The topological polar surface area (TPSA) is 136 Å². The molecule has 266 valence electrons. The number of carbonyl (C=O) groups excluding carboxylic acids is 4. The molecule has 2 N–H and O–H groups in total. The van der Waals surface area contributed by atoms with Crippen LogP contribution in [0.1, 0.15) is 65.5 Å². The second kappa shape index (κ2) is 20.9. The van der Waals surface area contributed by atoms with Gasteiger partial charge in [0.2, 0.25) is 0 Å². The lowest BCUT2D eigenvalue weighted by molar-refractivity contribution is -0.156. The fourth-order valence-corrected chi connectivity index (χ4v) is 4.36. The van der Waals surface area contributed by atoms with Crippen LogP contribution in [0.2, 0.25) is 0 Å². The van der Waals surface area contributed by atoms with Crippen LogP contribution in [-0.2, 0) is 41.8 Å². The average Bonchev–Trinajstić information content (AvgIpc) is 3.01. The number of nitrogens with zero attached hydrogens (tertiary/aromatic N) is 2. The van der Waals surface area contributed by atoms with Crippen molar-refractivity contribution < 1.29 is 38.1 Å². The van der Waals surface area contributed by atoms with E-state index < -0.39 is 23.4 Å². The van der Waals surface area contributed by atoms with Crippen molar-refractivity contribution in [2.75, 3.05) is 52.4 Å². The maximum absolute atomic E-state index is 13.2. The van der Waals surface area contributed by atoms with E-state index in [9.17, 15) is 19.2 Å². The fraction of sp³-hybridized carbons (Fsp3) is 0.556. The van der Waals surface area contributed by atoms with Gasteiger partial charge in [-0.2, -0.15) is 0 Å². The van der Waals surface area contributed by atoms with Crippen molar-refractivity contribution in [2.45, 2.75) is 78.8 Å². The van der Waals surface area contributed by atoms with E-state index in [-0.39, 0.29) is 44.5 Å². The molecule has 0 spiro atoms. The zero-order valence-corrected chi connectivity index (χ0v) is 29.4. The highest BCUT2D eigenvalue weighted by Crippen LogP contribution is 2.10. The van der Waals surface area contributed by atoms with E-state index in [1.54, 1.807) is 4.90 Å². The summed E-state index contributed by atoms with van der Waals surface area (Å²) in [6.07, 6.45) is -0.688. The SMILES string of the molecule is CC(C)(C)OC(=O)CCNCCN(CCN(CCNC(=O)OCc1ccccc1)CCC(=O)OC(C)(C)C)C(=O)OCc1ccccc1. The molecule has 0 aliphatic heterocycles. The van der Waals surface area contributed by atoms with Gasteiger partial charge in [0.05, 0.1) is 12.8 Å². The van der Waals surface area contributed by atoms with Crippen molar-refractivity contribution in [3.63, 3.8) is 0 Å². The van der Waals surface area contributed by atoms with Crippen molar-refractivity contribution in [3.8, 4) is 0 Å². The molecule has 12 nitrogen and oxygen atoms in total. The van der Waals surface area contributed by atoms with Gasteiger partial charge >= 0.3 is 24.1 Å². The van der Waals surface area contributed by atoms with Crippen LogP contribution in [0.3, 0.4) is 0 Å². The Kier molecular flexibility index (Phi) is 17.5. The third-order valence-electron chi connectivity index (χ3n) is 6.60. The number of hydrogen-bond donors (Lipinski definition) is 2. The molecule has 0 aromatic heterocycles. The maximum atomic E-state index is 13.2. The molecular weight excluding hydrogens is 616 g/mol. The van der Waals surface area contributed by atoms with Crippen LogP contribution >= 0.6 is 0 Å². The zero-order chi connectivity index (χ0) is 35.4. The molecule has 0 radical (unpaired) electrons. The predicted molar refractivity (Wildman–Crippen MR) is 183 cm³/mol. The van der Waals surface area contributed by atoms with Gasteiger partial charge in [-0.15, -0.1) is 0 Å². The first-order chi connectivity index (χ1) is 22.7. The molecule has 0 saturated carbocycles. The molecule has 0 heterocycles. The first-order valence-corrected chi connectivity index (χ1v) is 16.5. The van der Waals surface area contributed by atoms with Crippen LogP contribution in [0.15, 0.2) is 60.7 Å². The number of ether oxygens (including phenoxy) is 4. The van der Waals surface area contributed by atoms with Crippen LogP contribution < -0.4 is 10.6 Å². The minimum atomic E-state index is -0.609. The Balaban J connectivity index is 1.98. The minimum Gasteiger partial charge on any atom is -0.460 e. The summed E-state index contributed by atoms with van der Waals surface area (Å²) in [6, 6.07) is 18.8. The van der Waals surface area contributed by atoms with Gasteiger partial charge in [0.1, 0.15) is 24.4 Å². The van der Waals surface area contributed by atoms with Crippen LogP contribution in [0.5, 0.6) is 0 Å². The number of rotatable bonds is 19. The van der Waals surface area contributed by atoms with Gasteiger partial charge in [-0.3, -0.25) is 14.5 Å². The molecule has 0 aliphatic rings. The van der Waals surface area contributed by atoms with Crippen LogP contribution in [0.25, 0.3) is 0 Å². The molecule has 12 heteroatoms. The van der Waals surface area contributed by atoms with Gasteiger partial charge in [-0.05, 0) is 52.7 Å². The van der Waals surface area contributed by atoms with Gasteiger partial charge < -0.3 is 34.5 Å². The molecular formula is C36H54N4O8. The lowest BCUT2D eigenvalue weighted by Crippen LogP contribution is -2.44. The fourth-order valence-electron chi connectivity index (χ4n) is 4.36. The summed E-state index contributed by atoms with van der Waals surface area (Å²) < 4.78 is 21.8. The summed E-state index contributed by atoms with van der Waals surface area (Å²) >= 11 is 0. The van der Waals surface area contributed by atoms with Crippen molar-refractivity contribution in [2.24, 2.45) is 0 Å². The largest absolute Gasteiger partial charge is 0.460 e. The lowest BCUT2D eigenvalue weighted by atomic mass is 10.2. The summed E-state index contributed by atoms with van der Waals surface area (Å²) in [6.45, 7) is 14.1. The highest BCUT2D eigenvalue weighted by atomic mass is 16.6. The van der Waals surface area contributed by atoms with Gasteiger partial charge in [0.25, 0.3) is 0 Å². The van der Waals surface area contributed by atoms with E-state index in [0.717, 1.165) is 11.1 Å². The summed E-state index contributed by atoms with van der Waals surface area (Å²) in [5, 5.41) is 5.95. The van der Waals surface area contributed by atoms with Gasteiger partial charge in [0, 0.05) is 52.4 Å². The van der Waals surface area contributed by atoms with Crippen LogP contribution in [0.4, 0.5) is 9.59 Å². The molecule has 0 saturated heterocycles. The standard InChI is InChI=1S/C36H54N4O8/c1-35(2,3)47-31(41)17-19-37-20-24-40(34(44)46-28-30-15-11-8-12-16-30)26-25-39(22-18-32(42)48-36(4,5)6)23-21-38-33(43)45-27-29-13-9-7-10-14-29/h7-16,37H,17-28H2,1-6H3,(H,38,43). The van der Waals surface area contributed by atoms with E-state index in [1.807, 2.05) is 107 Å². The van der Waals surface area contributed by atoms with Crippen LogP contribution in [0, 0.1) is 0 Å². The normalized spacial score (nSPS) is 11.5. The van der Waals surface area contributed by atoms with Gasteiger partial charge in [-0.1, -0.05) is 60.7 Å². The number of benzene rings is 2. The maximum Gasteiger partial charge on any atom is 0.410 e. The van der Waals surface area contributed by atoms with E-state index in [2.05, 4.69) is 10.6 Å². The Hall–Kier alpha value is -4.16. The molecule has 0 bridgehead atoms. The Morgan fingerprint density at radius 2 is 1.15 bits per heavy atom. The van der Waals surface area contributed by atoms with E-state index in [0.29, 0.717) is 45.8 Å². The highest BCUT2D eigenvalue weighted by Gasteiger charge is 2.20. The summed E-state index contributed by atoms with van der Waals surface area (Å²) in [4.78, 5) is 53.6. The minimum absolute atomic E-state index is 0.125. The summed E-state index contributed by atoms with van der Waals surface area (Å²) in [5.41, 5.74) is 0.585. The second-order valence-electron chi connectivity index (χ2n) is 13.3. The number of hydrogen-bond acceptors (Lipinski definition) is 10. The highest BCUT2D eigenvalue weighted by molar-refractivity contribution is 5.70. The van der Waals surface area contributed by atoms with Crippen molar-refractivity contribution in [1.29, 1.82) is 0 Å². The zero-order valence-electron chi connectivity index (χ0n) is 29.4. The summed E-state index contributed by atoms with van der Waals surface area (Å²) in [5.74, 6) is -0.636. The number of amides is 2. The Bertz CT molecular complexity index is 1250. The Morgan fingerprint density at radius 3 is 1.71 bits per heavy atom. The Labute approximate surface area is 285 Å². The van der Waals surface area contributed by atoms with Gasteiger partial charge in [-0.25, -0.2) is 9.59 Å². The van der Waals surface area contributed by atoms with E-state index in [1.165, 1.54) is 0 Å². The number of alkyl carbamates (subject to hydrolysis) is 1.